The predicted molar refractivity (Wildman–Crippen MR) is 225 cm³/mol. The minimum Gasteiger partial charge on any atom is -0.357 e. The van der Waals surface area contributed by atoms with E-state index < -0.39 is 6.04 Å². The van der Waals surface area contributed by atoms with E-state index in [4.69, 9.17) is 0 Å². The summed E-state index contributed by atoms with van der Waals surface area (Å²) in [4.78, 5) is 37.8. The van der Waals surface area contributed by atoms with Crippen molar-refractivity contribution in [3.63, 3.8) is 0 Å². The standard InChI is InChI=1S/C47H71N3O3/c1-34(25-27-40-38(5)22-16-29-46(40,7)8)18-14-20-36(3)32-43(51)49-31-13-12-24-42(45(53)48-11)50-44(52)33-37(4)21-15-19-35(2)26-28-41-39(6)23-17-30-47(41,9)10/h15,18-19,21,25-28,32-33,42H,12-14,16-17,20,22-24,29-31H2,1-11H3,(H,48,53)(H,49,51)(H,50,52)/b21-15+,27-25+,28-26+,34-18+,35-19+,36-32+,37-33+. The maximum atomic E-state index is 12.8. The second-order valence-electron chi connectivity index (χ2n) is 16.6. The highest BCUT2D eigenvalue weighted by molar-refractivity contribution is 5.93. The number of unbranched alkanes of at least 4 members (excludes halogenated alkanes) is 1. The Kier molecular flexibility index (Phi) is 19.1. The van der Waals surface area contributed by atoms with Gasteiger partial charge < -0.3 is 16.0 Å². The van der Waals surface area contributed by atoms with E-state index in [0.29, 0.717) is 25.8 Å². The molecule has 0 saturated carbocycles. The summed E-state index contributed by atoms with van der Waals surface area (Å²) in [5.74, 6) is -0.639. The Morgan fingerprint density at radius 1 is 0.755 bits per heavy atom. The second-order valence-corrected chi connectivity index (χ2v) is 16.6. The van der Waals surface area contributed by atoms with E-state index in [9.17, 15) is 14.4 Å². The molecule has 0 aliphatic heterocycles. The first kappa shape index (κ1) is 45.2. The first-order valence-electron chi connectivity index (χ1n) is 19.9. The third-order valence-corrected chi connectivity index (χ3v) is 10.7. The fraction of sp³-hybridized carbons (Fsp3) is 0.553. The Bertz CT molecular complexity index is 1570. The van der Waals surface area contributed by atoms with Gasteiger partial charge in [-0.2, -0.15) is 0 Å². The highest BCUT2D eigenvalue weighted by Gasteiger charge is 2.27. The zero-order valence-electron chi connectivity index (χ0n) is 35.1. The first-order chi connectivity index (χ1) is 24.9. The lowest BCUT2D eigenvalue weighted by molar-refractivity contribution is -0.127. The Balaban J connectivity index is 1.78. The largest absolute Gasteiger partial charge is 0.357 e. The van der Waals surface area contributed by atoms with E-state index >= 15 is 0 Å². The molecule has 0 fully saturated rings. The molecular weight excluding hydrogens is 655 g/mol. The SMILES string of the molecule is CNC(=O)C(CCCCNC(=O)/C=C(\C)CC/C=C(C)/C=C/C1=C(C)CCCC1(C)C)NC(=O)/C=C(C)/C=C/C=C(C)/C=C/C1=C(C)CCCC1(C)C. The van der Waals surface area contributed by atoms with Crippen LogP contribution in [0.2, 0.25) is 0 Å². The normalized spacial score (nSPS) is 19.4. The second kappa shape index (κ2) is 22.3. The summed E-state index contributed by atoms with van der Waals surface area (Å²) in [6, 6.07) is -0.645. The summed E-state index contributed by atoms with van der Waals surface area (Å²) < 4.78 is 0. The number of hydrogen-bond donors (Lipinski definition) is 3. The molecule has 0 spiro atoms. The van der Waals surface area contributed by atoms with Crippen molar-refractivity contribution in [1.29, 1.82) is 0 Å². The lowest BCUT2D eigenvalue weighted by atomic mass is 9.72. The number of hydrogen-bond acceptors (Lipinski definition) is 3. The average molecular weight is 726 g/mol. The Morgan fingerprint density at radius 2 is 1.34 bits per heavy atom. The Morgan fingerprint density at radius 3 is 1.91 bits per heavy atom. The van der Waals surface area contributed by atoms with Gasteiger partial charge in [0.05, 0.1) is 0 Å². The lowest BCUT2D eigenvalue weighted by Crippen LogP contribution is -2.45. The van der Waals surface area contributed by atoms with Crippen LogP contribution in [0.4, 0.5) is 0 Å². The molecule has 1 atom stereocenters. The van der Waals surface area contributed by atoms with Gasteiger partial charge in [0.1, 0.15) is 6.04 Å². The molecule has 0 aromatic carbocycles. The Labute approximate surface area is 322 Å². The van der Waals surface area contributed by atoms with Crippen LogP contribution in [0.1, 0.15) is 140 Å². The van der Waals surface area contributed by atoms with E-state index in [1.54, 1.807) is 13.1 Å². The van der Waals surface area contributed by atoms with Crippen LogP contribution in [0.25, 0.3) is 0 Å². The van der Waals surface area contributed by atoms with E-state index in [1.165, 1.54) is 72.5 Å². The van der Waals surface area contributed by atoms with Crippen LogP contribution in [-0.4, -0.2) is 37.4 Å². The maximum absolute atomic E-state index is 12.8. The van der Waals surface area contributed by atoms with Crippen LogP contribution in [0.5, 0.6) is 0 Å². The van der Waals surface area contributed by atoms with Gasteiger partial charge in [0.25, 0.3) is 0 Å². The number of rotatable bonds is 18. The average Bonchev–Trinajstić information content (AvgIpc) is 3.06. The van der Waals surface area contributed by atoms with Crippen LogP contribution in [0.3, 0.4) is 0 Å². The summed E-state index contributed by atoms with van der Waals surface area (Å²) in [5.41, 5.74) is 10.5. The molecule has 53 heavy (non-hydrogen) atoms. The fourth-order valence-corrected chi connectivity index (χ4v) is 7.40. The van der Waals surface area contributed by atoms with E-state index in [0.717, 1.165) is 29.6 Å². The number of nitrogens with one attached hydrogen (secondary N) is 3. The number of likely N-dealkylation sites (N-methyl/N-ethyl adjacent to an activating group) is 1. The molecule has 3 amide bonds. The summed E-state index contributed by atoms with van der Waals surface area (Å²) in [7, 11) is 1.57. The maximum Gasteiger partial charge on any atom is 0.244 e. The van der Waals surface area contributed by atoms with Gasteiger partial charge >= 0.3 is 0 Å². The van der Waals surface area contributed by atoms with Crippen LogP contribution in [0, 0.1) is 10.8 Å². The number of allylic oxidation sites excluding steroid dienone is 16. The van der Waals surface area contributed by atoms with Crippen LogP contribution in [-0.2, 0) is 14.4 Å². The van der Waals surface area contributed by atoms with Gasteiger partial charge in [-0.25, -0.2) is 0 Å². The zero-order chi connectivity index (χ0) is 39.6. The molecule has 6 nitrogen and oxygen atoms in total. The van der Waals surface area contributed by atoms with Crippen molar-refractivity contribution in [3.8, 4) is 0 Å². The van der Waals surface area contributed by atoms with Gasteiger partial charge in [-0.1, -0.05) is 104 Å². The molecule has 292 valence electrons. The van der Waals surface area contributed by atoms with E-state index in [-0.39, 0.29) is 28.6 Å². The van der Waals surface area contributed by atoms with Crippen molar-refractivity contribution in [1.82, 2.24) is 16.0 Å². The van der Waals surface area contributed by atoms with Crippen molar-refractivity contribution >= 4 is 17.7 Å². The molecule has 3 N–H and O–H groups in total. The molecule has 2 aliphatic rings. The van der Waals surface area contributed by atoms with Crippen LogP contribution >= 0.6 is 0 Å². The molecule has 0 heterocycles. The number of carbonyl (C=O) groups is 3. The molecule has 2 aliphatic carbocycles. The number of carbonyl (C=O) groups excluding carboxylic acids is 3. The summed E-state index contributed by atoms with van der Waals surface area (Å²) >= 11 is 0. The third-order valence-electron chi connectivity index (χ3n) is 10.7. The summed E-state index contributed by atoms with van der Waals surface area (Å²) in [6.07, 6.45) is 31.2. The molecular formula is C47H71N3O3. The first-order valence-corrected chi connectivity index (χ1v) is 19.9. The molecule has 0 radical (unpaired) electrons. The van der Waals surface area contributed by atoms with Crippen molar-refractivity contribution in [3.05, 3.63) is 105 Å². The van der Waals surface area contributed by atoms with Gasteiger partial charge in [0.2, 0.25) is 17.7 Å². The molecule has 0 aromatic heterocycles. The zero-order valence-corrected chi connectivity index (χ0v) is 35.1. The van der Waals surface area contributed by atoms with E-state index in [1.807, 2.05) is 32.1 Å². The monoisotopic (exact) mass is 726 g/mol. The molecule has 0 saturated heterocycles. The molecule has 0 aromatic rings. The van der Waals surface area contributed by atoms with Gasteiger partial charge in [-0.3, -0.25) is 14.4 Å². The van der Waals surface area contributed by atoms with Crippen molar-refractivity contribution in [2.24, 2.45) is 10.8 Å². The topological polar surface area (TPSA) is 87.3 Å². The minimum absolute atomic E-state index is 0.100. The highest BCUT2D eigenvalue weighted by atomic mass is 16.2. The van der Waals surface area contributed by atoms with Crippen LogP contribution < -0.4 is 16.0 Å². The molecule has 6 heteroatoms. The lowest BCUT2D eigenvalue weighted by Gasteiger charge is -2.33. The predicted octanol–water partition coefficient (Wildman–Crippen LogP) is 10.8. The van der Waals surface area contributed by atoms with Crippen molar-refractivity contribution < 1.29 is 14.4 Å². The van der Waals surface area contributed by atoms with Gasteiger partial charge in [0, 0.05) is 25.7 Å². The fourth-order valence-electron chi connectivity index (χ4n) is 7.40. The summed E-state index contributed by atoms with van der Waals surface area (Å²) in [6.45, 7) is 22.4. The van der Waals surface area contributed by atoms with Crippen molar-refractivity contribution in [2.75, 3.05) is 13.6 Å². The summed E-state index contributed by atoms with van der Waals surface area (Å²) in [5, 5.41) is 8.46. The van der Waals surface area contributed by atoms with Crippen LogP contribution in [0.15, 0.2) is 105 Å². The number of amides is 3. The molecule has 2 rings (SSSR count). The molecule has 1 unspecified atom stereocenters. The quantitative estimate of drug-likeness (QED) is 0.0747. The molecule has 0 bridgehead atoms. The minimum atomic E-state index is -0.645. The highest BCUT2D eigenvalue weighted by Crippen LogP contribution is 2.41. The van der Waals surface area contributed by atoms with E-state index in [2.05, 4.69) is 102 Å². The van der Waals surface area contributed by atoms with Gasteiger partial charge in [0.15, 0.2) is 0 Å². The Hall–Kier alpha value is -3.93. The smallest absolute Gasteiger partial charge is 0.244 e. The third kappa shape index (κ3) is 16.7. The van der Waals surface area contributed by atoms with Gasteiger partial charge in [-0.05, 0) is 140 Å². The van der Waals surface area contributed by atoms with Gasteiger partial charge in [-0.15, -0.1) is 0 Å². The van der Waals surface area contributed by atoms with Crippen molar-refractivity contribution in [2.45, 2.75) is 146 Å².